The number of likely N-dealkylation sites (tertiary alicyclic amines) is 1. The summed E-state index contributed by atoms with van der Waals surface area (Å²) in [6.45, 7) is 1.86. The number of piperidine rings is 1. The minimum Gasteiger partial charge on any atom is -0.484 e. The summed E-state index contributed by atoms with van der Waals surface area (Å²) in [5.74, 6) is 2.16. The molecule has 4 rings (SSSR count). The number of ether oxygens (including phenoxy) is 2. The third kappa shape index (κ3) is 2.84. The van der Waals surface area contributed by atoms with Gasteiger partial charge in [0.1, 0.15) is 5.75 Å². The number of rotatable bonds is 6. The summed E-state index contributed by atoms with van der Waals surface area (Å²) < 4.78 is 11.7. The third-order valence-electron chi connectivity index (χ3n) is 5.16. The number of carbonyl (C=O) groups excluding carboxylic acids is 1. The normalized spacial score (nSPS) is 29.8. The van der Waals surface area contributed by atoms with E-state index in [4.69, 9.17) is 9.47 Å². The Kier molecular flexibility index (Phi) is 3.78. The van der Waals surface area contributed by atoms with Crippen molar-refractivity contribution in [3.8, 4) is 5.75 Å². The molecule has 0 unspecified atom stereocenters. The number of hydrogen-bond acceptors (Lipinski definition) is 3. The zero-order valence-electron chi connectivity index (χ0n) is 12.8. The molecule has 1 aliphatic heterocycles. The number of carbonyl (C=O) groups is 1. The number of nitrogens with zero attached hydrogens (tertiary/aromatic N) is 1. The maximum Gasteiger partial charge on any atom is 0.260 e. The first-order valence-electron chi connectivity index (χ1n) is 8.40. The second-order valence-electron chi connectivity index (χ2n) is 6.79. The van der Waals surface area contributed by atoms with Gasteiger partial charge < -0.3 is 14.4 Å². The first-order valence-corrected chi connectivity index (χ1v) is 8.40. The fraction of sp³-hybridized carbons (Fsp3) is 0.611. The van der Waals surface area contributed by atoms with E-state index in [0.29, 0.717) is 5.92 Å². The van der Waals surface area contributed by atoms with Gasteiger partial charge in [-0.2, -0.15) is 0 Å². The maximum atomic E-state index is 12.4. The molecule has 0 spiro atoms. The van der Waals surface area contributed by atoms with E-state index < -0.39 is 0 Å². The van der Waals surface area contributed by atoms with E-state index in [1.165, 1.54) is 19.3 Å². The average Bonchev–Trinajstić information content (AvgIpc) is 3.24. The van der Waals surface area contributed by atoms with Gasteiger partial charge in [0.05, 0.1) is 12.1 Å². The zero-order valence-corrected chi connectivity index (χ0v) is 12.8. The summed E-state index contributed by atoms with van der Waals surface area (Å²) in [5.41, 5.74) is 0. The highest BCUT2D eigenvalue weighted by Gasteiger charge is 2.49. The van der Waals surface area contributed by atoms with E-state index in [0.717, 1.165) is 31.2 Å². The Hall–Kier alpha value is -1.55. The predicted molar refractivity (Wildman–Crippen MR) is 82.6 cm³/mol. The molecule has 1 saturated heterocycles. The lowest BCUT2D eigenvalue weighted by atomic mass is 10.1. The molecule has 0 N–H and O–H groups in total. The van der Waals surface area contributed by atoms with Crippen LogP contribution in [0.4, 0.5) is 0 Å². The number of amides is 1. The van der Waals surface area contributed by atoms with Crippen LogP contribution >= 0.6 is 0 Å². The van der Waals surface area contributed by atoms with Gasteiger partial charge in [0, 0.05) is 19.1 Å². The summed E-state index contributed by atoms with van der Waals surface area (Å²) in [4.78, 5) is 14.4. The van der Waals surface area contributed by atoms with Gasteiger partial charge in [-0.15, -0.1) is 0 Å². The average molecular weight is 301 g/mol. The fourth-order valence-corrected chi connectivity index (χ4v) is 3.75. The van der Waals surface area contributed by atoms with Crippen molar-refractivity contribution in [3.63, 3.8) is 0 Å². The molecule has 3 aliphatic rings. The van der Waals surface area contributed by atoms with Crippen LogP contribution in [0.15, 0.2) is 30.3 Å². The molecule has 0 aromatic heterocycles. The van der Waals surface area contributed by atoms with Crippen molar-refractivity contribution < 1.29 is 14.3 Å². The smallest absolute Gasteiger partial charge is 0.260 e. The van der Waals surface area contributed by atoms with Gasteiger partial charge in [-0.25, -0.2) is 0 Å². The summed E-state index contributed by atoms with van der Waals surface area (Å²) in [6, 6.07) is 9.81. The highest BCUT2D eigenvalue weighted by molar-refractivity contribution is 5.78. The number of hydrogen-bond donors (Lipinski definition) is 0. The van der Waals surface area contributed by atoms with Gasteiger partial charge in [0.2, 0.25) is 0 Å². The zero-order chi connectivity index (χ0) is 14.9. The SMILES string of the molecule is O=C(COc1ccccc1)N1C[C@H]2CC[C@H]1[C@H]2OCC1CC1. The van der Waals surface area contributed by atoms with Crippen LogP contribution in [0.2, 0.25) is 0 Å². The van der Waals surface area contributed by atoms with Gasteiger partial charge in [0.15, 0.2) is 6.61 Å². The van der Waals surface area contributed by atoms with Crippen molar-refractivity contribution in [1.82, 2.24) is 4.90 Å². The largest absolute Gasteiger partial charge is 0.484 e. The summed E-state index contributed by atoms with van der Waals surface area (Å²) in [5, 5.41) is 0. The van der Waals surface area contributed by atoms with Crippen LogP contribution in [0.25, 0.3) is 0 Å². The van der Waals surface area contributed by atoms with E-state index in [-0.39, 0.29) is 24.7 Å². The Balaban J connectivity index is 1.31. The van der Waals surface area contributed by atoms with Crippen molar-refractivity contribution in [1.29, 1.82) is 0 Å². The molecular formula is C18H23NO3. The molecule has 0 radical (unpaired) electrons. The first-order chi connectivity index (χ1) is 10.8. The van der Waals surface area contributed by atoms with Gasteiger partial charge in [-0.05, 0) is 43.7 Å². The van der Waals surface area contributed by atoms with E-state index in [2.05, 4.69) is 0 Å². The Morgan fingerprint density at radius 1 is 1.14 bits per heavy atom. The molecule has 118 valence electrons. The van der Waals surface area contributed by atoms with Gasteiger partial charge in [-0.1, -0.05) is 18.2 Å². The molecule has 1 amide bonds. The monoisotopic (exact) mass is 301 g/mol. The number of benzene rings is 1. The molecule has 1 aromatic carbocycles. The molecule has 22 heavy (non-hydrogen) atoms. The quantitative estimate of drug-likeness (QED) is 0.810. The second-order valence-corrected chi connectivity index (χ2v) is 6.79. The molecule has 2 saturated carbocycles. The molecule has 1 aromatic rings. The molecule has 3 fully saturated rings. The molecule has 4 nitrogen and oxygen atoms in total. The van der Waals surface area contributed by atoms with Crippen LogP contribution in [-0.4, -0.2) is 42.7 Å². The molecular weight excluding hydrogens is 278 g/mol. The number of fused-ring (bicyclic) bond motifs is 2. The summed E-state index contributed by atoms with van der Waals surface area (Å²) in [6.07, 6.45) is 5.17. The maximum absolute atomic E-state index is 12.4. The van der Waals surface area contributed by atoms with Crippen LogP contribution < -0.4 is 4.74 Å². The first kappa shape index (κ1) is 14.1. The highest BCUT2D eigenvalue weighted by Crippen LogP contribution is 2.41. The molecule has 3 atom stereocenters. The Labute approximate surface area is 131 Å². The van der Waals surface area contributed by atoms with Crippen LogP contribution in [0.3, 0.4) is 0 Å². The van der Waals surface area contributed by atoms with Gasteiger partial charge >= 0.3 is 0 Å². The second kappa shape index (κ2) is 5.92. The standard InChI is InChI=1S/C18H23NO3/c20-17(12-21-15-4-2-1-3-5-15)19-10-14-8-9-16(19)18(14)22-11-13-6-7-13/h1-5,13-14,16,18H,6-12H2/t14-,16+,18+/m1/s1. The molecule has 2 aliphatic carbocycles. The van der Waals surface area contributed by atoms with Gasteiger partial charge in [-0.3, -0.25) is 4.79 Å². The van der Waals surface area contributed by atoms with Crippen molar-refractivity contribution in [2.45, 2.75) is 37.8 Å². The third-order valence-corrected chi connectivity index (χ3v) is 5.16. The lowest BCUT2D eigenvalue weighted by Crippen LogP contribution is -2.42. The van der Waals surface area contributed by atoms with Crippen molar-refractivity contribution in [3.05, 3.63) is 30.3 Å². The molecule has 4 heteroatoms. The lowest BCUT2D eigenvalue weighted by molar-refractivity contribution is -0.135. The van der Waals surface area contributed by atoms with Crippen LogP contribution in [0.5, 0.6) is 5.75 Å². The van der Waals surface area contributed by atoms with E-state index in [1.54, 1.807) is 0 Å². The number of para-hydroxylation sites is 1. The fourth-order valence-electron chi connectivity index (χ4n) is 3.75. The lowest BCUT2D eigenvalue weighted by Gasteiger charge is -2.27. The Morgan fingerprint density at radius 2 is 1.95 bits per heavy atom. The molecule has 1 heterocycles. The Morgan fingerprint density at radius 3 is 2.73 bits per heavy atom. The van der Waals surface area contributed by atoms with Gasteiger partial charge in [0.25, 0.3) is 5.91 Å². The summed E-state index contributed by atoms with van der Waals surface area (Å²) in [7, 11) is 0. The van der Waals surface area contributed by atoms with E-state index in [1.807, 2.05) is 35.2 Å². The minimum atomic E-state index is 0.0936. The van der Waals surface area contributed by atoms with Crippen LogP contribution in [0, 0.1) is 11.8 Å². The van der Waals surface area contributed by atoms with E-state index in [9.17, 15) is 4.79 Å². The van der Waals surface area contributed by atoms with Crippen molar-refractivity contribution in [2.75, 3.05) is 19.8 Å². The Bertz CT molecular complexity index is 528. The van der Waals surface area contributed by atoms with Crippen molar-refractivity contribution >= 4 is 5.91 Å². The minimum absolute atomic E-state index is 0.0936. The van der Waals surface area contributed by atoms with Crippen molar-refractivity contribution in [2.24, 2.45) is 11.8 Å². The summed E-state index contributed by atoms with van der Waals surface area (Å²) >= 11 is 0. The van der Waals surface area contributed by atoms with E-state index >= 15 is 0 Å². The topological polar surface area (TPSA) is 38.8 Å². The van der Waals surface area contributed by atoms with Crippen LogP contribution in [-0.2, 0) is 9.53 Å². The molecule has 2 bridgehead atoms. The predicted octanol–water partition coefficient (Wildman–Crippen LogP) is 2.48. The highest BCUT2D eigenvalue weighted by atomic mass is 16.5. The van der Waals surface area contributed by atoms with Crippen LogP contribution in [0.1, 0.15) is 25.7 Å².